The average molecular weight is 338 g/mol. The van der Waals surface area contributed by atoms with Crippen molar-refractivity contribution in [3.05, 3.63) is 0 Å². The topological polar surface area (TPSA) is 29.5 Å². The molecule has 23 heavy (non-hydrogen) atoms. The molecule has 0 aromatic heterocycles. The number of fused-ring (bicyclic) bond motifs is 2. The quantitative estimate of drug-likeness (QED) is 0.572. The lowest BCUT2D eigenvalue weighted by Crippen LogP contribution is -2.52. The van der Waals surface area contributed by atoms with Gasteiger partial charge in [0, 0.05) is 20.2 Å². The number of carbonyl (C=O) groups is 1. The van der Waals surface area contributed by atoms with E-state index in [0.29, 0.717) is 18.0 Å². The van der Waals surface area contributed by atoms with Gasteiger partial charge >= 0.3 is 5.97 Å². The minimum absolute atomic E-state index is 0.0551. The van der Waals surface area contributed by atoms with E-state index in [4.69, 9.17) is 4.74 Å². The Labute approximate surface area is 143 Å². The van der Waals surface area contributed by atoms with Crippen LogP contribution in [-0.2, 0) is 9.53 Å². The van der Waals surface area contributed by atoms with E-state index in [2.05, 4.69) is 31.6 Å². The summed E-state index contributed by atoms with van der Waals surface area (Å²) >= 11 is 0. The molecular weight excluding hydrogens is 302 g/mol. The highest BCUT2D eigenvalue weighted by Gasteiger charge is 2.51. The molecule has 4 heteroatoms. The first kappa shape index (κ1) is 17.5. The maximum absolute atomic E-state index is 12.5. The van der Waals surface area contributed by atoms with Gasteiger partial charge in [-0.05, 0) is 43.7 Å². The second-order valence-corrected chi connectivity index (χ2v) is 14.9. The van der Waals surface area contributed by atoms with Crippen molar-refractivity contribution in [2.24, 2.45) is 17.8 Å². The van der Waals surface area contributed by atoms with Gasteiger partial charge in [-0.2, -0.15) is 0 Å². The minimum atomic E-state index is -1.01. The number of carbonyl (C=O) groups excluding carboxylic acids is 1. The SMILES string of the molecule is COC(=O)C1C2CC[C@H](C[C@@H]1C1CCC([Si](C)(C)C)CC1)N2C. The monoisotopic (exact) mass is 337 g/mol. The Morgan fingerprint density at radius 3 is 2.26 bits per heavy atom. The van der Waals surface area contributed by atoms with Gasteiger partial charge in [0.1, 0.15) is 0 Å². The van der Waals surface area contributed by atoms with E-state index < -0.39 is 8.07 Å². The molecule has 3 aliphatic rings. The van der Waals surface area contributed by atoms with Gasteiger partial charge in [0.2, 0.25) is 0 Å². The molecule has 0 radical (unpaired) electrons. The van der Waals surface area contributed by atoms with E-state index in [1.54, 1.807) is 7.11 Å². The second-order valence-electron chi connectivity index (χ2n) is 9.39. The Balaban J connectivity index is 1.72. The van der Waals surface area contributed by atoms with E-state index in [1.165, 1.54) is 44.9 Å². The summed E-state index contributed by atoms with van der Waals surface area (Å²) in [5.74, 6) is 1.50. The Kier molecular flexibility index (Phi) is 4.95. The van der Waals surface area contributed by atoms with Crippen molar-refractivity contribution in [2.75, 3.05) is 14.2 Å². The molecule has 3 nitrogen and oxygen atoms in total. The fourth-order valence-electron chi connectivity index (χ4n) is 5.87. The molecule has 0 aromatic carbocycles. The van der Waals surface area contributed by atoms with E-state index in [9.17, 15) is 4.79 Å². The third kappa shape index (κ3) is 3.26. The van der Waals surface area contributed by atoms with Crippen LogP contribution in [0.25, 0.3) is 0 Å². The molecule has 1 aliphatic carbocycles. The van der Waals surface area contributed by atoms with Crippen molar-refractivity contribution >= 4 is 14.0 Å². The van der Waals surface area contributed by atoms with Crippen molar-refractivity contribution in [1.82, 2.24) is 4.90 Å². The van der Waals surface area contributed by atoms with Gasteiger partial charge in [-0.1, -0.05) is 45.3 Å². The summed E-state index contributed by atoms with van der Waals surface area (Å²) in [4.78, 5) is 15.0. The molecule has 2 unspecified atom stereocenters. The largest absolute Gasteiger partial charge is 0.469 e. The maximum atomic E-state index is 12.5. The summed E-state index contributed by atoms with van der Waals surface area (Å²) in [5, 5.41) is 0. The van der Waals surface area contributed by atoms with Crippen LogP contribution < -0.4 is 0 Å². The number of hydrogen-bond acceptors (Lipinski definition) is 3. The molecule has 3 rings (SSSR count). The van der Waals surface area contributed by atoms with Gasteiger partial charge in [0.15, 0.2) is 0 Å². The highest BCUT2D eigenvalue weighted by molar-refractivity contribution is 6.77. The number of ether oxygens (including phenoxy) is 1. The van der Waals surface area contributed by atoms with E-state index in [-0.39, 0.29) is 11.9 Å². The molecule has 1 saturated carbocycles. The molecule has 2 saturated heterocycles. The highest BCUT2D eigenvalue weighted by Crippen LogP contribution is 2.50. The molecule has 0 aromatic rings. The van der Waals surface area contributed by atoms with E-state index in [1.807, 2.05) is 0 Å². The average Bonchev–Trinajstić information content (AvgIpc) is 2.75. The zero-order valence-electron chi connectivity index (χ0n) is 15.7. The summed E-state index contributed by atoms with van der Waals surface area (Å²) in [5.41, 5.74) is 0.985. The summed E-state index contributed by atoms with van der Waals surface area (Å²) in [6.07, 6.45) is 9.16. The van der Waals surface area contributed by atoms with Crippen LogP contribution >= 0.6 is 0 Å². The Hall–Kier alpha value is -0.353. The summed E-state index contributed by atoms with van der Waals surface area (Å²) in [7, 11) is 2.78. The van der Waals surface area contributed by atoms with Crippen LogP contribution in [0.5, 0.6) is 0 Å². The number of nitrogens with zero attached hydrogens (tertiary/aromatic N) is 1. The number of hydrogen-bond donors (Lipinski definition) is 0. The van der Waals surface area contributed by atoms with Crippen LogP contribution in [0.15, 0.2) is 0 Å². The standard InChI is InChI=1S/C19H35NO2Si/c1-20-14-8-11-17(20)18(19(21)22-2)16(12-14)13-6-9-15(10-7-13)23(3,4)5/h13-18H,6-12H2,1-5H3/t13?,14-,15?,16-,17?,18?/m1/s1. The zero-order valence-corrected chi connectivity index (χ0v) is 16.7. The molecule has 0 amide bonds. The van der Waals surface area contributed by atoms with Gasteiger partial charge in [-0.15, -0.1) is 0 Å². The zero-order chi connectivity index (χ0) is 16.8. The predicted molar refractivity (Wildman–Crippen MR) is 97.2 cm³/mol. The maximum Gasteiger partial charge on any atom is 0.310 e. The lowest BCUT2D eigenvalue weighted by atomic mass is 9.68. The predicted octanol–water partition coefficient (Wildman–Crippen LogP) is 4.16. The highest BCUT2D eigenvalue weighted by atomic mass is 28.3. The summed E-state index contributed by atoms with van der Waals surface area (Å²) in [6, 6.07) is 1.14. The Morgan fingerprint density at radius 2 is 1.70 bits per heavy atom. The first-order chi connectivity index (χ1) is 10.8. The molecule has 0 spiro atoms. The lowest BCUT2D eigenvalue weighted by Gasteiger charge is -2.47. The van der Waals surface area contributed by atoms with Gasteiger partial charge in [-0.25, -0.2) is 0 Å². The van der Waals surface area contributed by atoms with Crippen LogP contribution in [0.2, 0.25) is 25.2 Å². The Morgan fingerprint density at radius 1 is 1.04 bits per heavy atom. The van der Waals surface area contributed by atoms with Gasteiger partial charge in [0.25, 0.3) is 0 Å². The molecule has 2 bridgehead atoms. The fourth-order valence-corrected chi connectivity index (χ4v) is 7.94. The molecule has 2 heterocycles. The minimum Gasteiger partial charge on any atom is -0.469 e. The lowest BCUT2D eigenvalue weighted by molar-refractivity contribution is -0.154. The van der Waals surface area contributed by atoms with Crippen LogP contribution in [0, 0.1) is 17.8 Å². The van der Waals surface area contributed by atoms with Crippen LogP contribution in [0.1, 0.15) is 44.9 Å². The van der Waals surface area contributed by atoms with Crippen molar-refractivity contribution in [1.29, 1.82) is 0 Å². The Bertz CT molecular complexity index is 439. The van der Waals surface area contributed by atoms with Crippen LogP contribution in [-0.4, -0.2) is 45.2 Å². The van der Waals surface area contributed by atoms with Crippen LogP contribution in [0.4, 0.5) is 0 Å². The van der Waals surface area contributed by atoms with Crippen LogP contribution in [0.3, 0.4) is 0 Å². The van der Waals surface area contributed by atoms with Gasteiger partial charge in [0.05, 0.1) is 13.0 Å². The number of rotatable bonds is 3. The summed E-state index contributed by atoms with van der Waals surface area (Å²) < 4.78 is 5.23. The van der Waals surface area contributed by atoms with Crippen molar-refractivity contribution < 1.29 is 9.53 Å². The van der Waals surface area contributed by atoms with E-state index >= 15 is 0 Å². The third-order valence-corrected chi connectivity index (χ3v) is 10.4. The second kappa shape index (κ2) is 6.51. The molecule has 4 atom stereocenters. The number of esters is 1. The molecule has 0 N–H and O–H groups in total. The third-order valence-electron chi connectivity index (χ3n) is 7.39. The normalized spacial score (nSPS) is 41.8. The van der Waals surface area contributed by atoms with Gasteiger partial charge in [-0.3, -0.25) is 9.69 Å². The smallest absolute Gasteiger partial charge is 0.310 e. The fraction of sp³-hybridized carbons (Fsp3) is 0.947. The first-order valence-corrected chi connectivity index (χ1v) is 13.2. The number of piperidine rings is 1. The molecule has 132 valence electrons. The first-order valence-electron chi connectivity index (χ1n) is 9.62. The van der Waals surface area contributed by atoms with Gasteiger partial charge < -0.3 is 4.74 Å². The molecule has 3 fully saturated rings. The molecule has 2 aliphatic heterocycles. The van der Waals surface area contributed by atoms with Crippen molar-refractivity contribution in [3.63, 3.8) is 0 Å². The van der Waals surface area contributed by atoms with E-state index in [0.717, 1.165) is 11.5 Å². The van der Waals surface area contributed by atoms with Crippen molar-refractivity contribution in [2.45, 2.75) is 82.2 Å². The number of methoxy groups -OCH3 is 1. The summed E-state index contributed by atoms with van der Waals surface area (Å²) in [6.45, 7) is 7.56. The van der Waals surface area contributed by atoms with Crippen molar-refractivity contribution in [3.8, 4) is 0 Å². The molecular formula is C19H35NO2Si.